The molecule has 2 aliphatic heterocycles. The van der Waals surface area contributed by atoms with Gasteiger partial charge >= 0.3 is 0 Å². The Balaban J connectivity index is 1.70. The van der Waals surface area contributed by atoms with Gasteiger partial charge in [0.15, 0.2) is 0 Å². The Morgan fingerprint density at radius 2 is 1.67 bits per heavy atom. The lowest BCUT2D eigenvalue weighted by Crippen LogP contribution is -2.36. The highest BCUT2D eigenvalue weighted by Crippen LogP contribution is 2.31. The number of carbonyl (C=O) groups is 2. The molecule has 0 unspecified atom stereocenters. The second kappa shape index (κ2) is 8.52. The highest BCUT2D eigenvalue weighted by atomic mass is 35.5. The number of hydrogen-bond acceptors (Lipinski definition) is 4. The maximum atomic E-state index is 13.0. The third-order valence-corrected chi connectivity index (χ3v) is 5.46. The van der Waals surface area contributed by atoms with Gasteiger partial charge in [-0.15, -0.1) is 0 Å². The van der Waals surface area contributed by atoms with Crippen LogP contribution in [0.1, 0.15) is 40.7 Å². The molecule has 150 valence electrons. The van der Waals surface area contributed by atoms with Crippen molar-refractivity contribution in [1.82, 2.24) is 10.2 Å². The Morgan fingerprint density at radius 3 is 2.33 bits per heavy atom. The van der Waals surface area contributed by atoms with Crippen LogP contribution in [0.15, 0.2) is 59.1 Å². The van der Waals surface area contributed by atoms with Gasteiger partial charge in [0, 0.05) is 34.8 Å². The van der Waals surface area contributed by atoms with E-state index >= 15 is 0 Å². The molecule has 0 saturated carbocycles. The quantitative estimate of drug-likeness (QED) is 0.594. The second-order valence-corrected chi connectivity index (χ2v) is 7.59. The van der Waals surface area contributed by atoms with Crippen molar-refractivity contribution in [3.8, 4) is 6.07 Å². The number of nitriles is 1. The first kappa shape index (κ1) is 19.9. The number of hydrogen-bond donors (Lipinski definition) is 1. The van der Waals surface area contributed by atoms with E-state index in [-0.39, 0.29) is 17.4 Å². The maximum absolute atomic E-state index is 13.0. The van der Waals surface area contributed by atoms with Gasteiger partial charge < -0.3 is 10.2 Å². The van der Waals surface area contributed by atoms with E-state index in [4.69, 9.17) is 11.6 Å². The van der Waals surface area contributed by atoms with Gasteiger partial charge in [-0.25, -0.2) is 4.99 Å². The number of aliphatic imine (C=N–C) groups is 1. The van der Waals surface area contributed by atoms with Gasteiger partial charge in [0.2, 0.25) is 0 Å². The Kier molecular flexibility index (Phi) is 5.64. The minimum absolute atomic E-state index is 0.0000851. The first-order valence-electron chi connectivity index (χ1n) is 9.77. The number of piperidine rings is 1. The zero-order chi connectivity index (χ0) is 21.1. The fourth-order valence-corrected chi connectivity index (χ4v) is 3.78. The van der Waals surface area contributed by atoms with Crippen molar-refractivity contribution in [2.75, 3.05) is 13.1 Å². The van der Waals surface area contributed by atoms with E-state index in [0.717, 1.165) is 19.3 Å². The van der Waals surface area contributed by atoms with Crippen LogP contribution < -0.4 is 5.32 Å². The summed E-state index contributed by atoms with van der Waals surface area (Å²) in [6.45, 7) is 1.28. The second-order valence-electron chi connectivity index (χ2n) is 7.16. The molecule has 2 aromatic carbocycles. The number of nitrogens with one attached hydrogen (secondary N) is 1. The van der Waals surface area contributed by atoms with Crippen molar-refractivity contribution in [3.63, 3.8) is 0 Å². The van der Waals surface area contributed by atoms with Crippen LogP contribution in [0.2, 0.25) is 5.02 Å². The predicted molar refractivity (Wildman–Crippen MR) is 115 cm³/mol. The zero-order valence-electron chi connectivity index (χ0n) is 16.2. The van der Waals surface area contributed by atoms with E-state index in [1.807, 2.05) is 24.3 Å². The van der Waals surface area contributed by atoms with Crippen LogP contribution >= 0.6 is 11.6 Å². The summed E-state index contributed by atoms with van der Waals surface area (Å²) in [6, 6.07) is 15.8. The van der Waals surface area contributed by atoms with Gasteiger partial charge in [-0.2, -0.15) is 5.26 Å². The normalized spacial score (nSPS) is 16.9. The first-order chi connectivity index (χ1) is 14.6. The number of nitrogens with zero attached hydrogens (tertiary/aromatic N) is 3. The van der Waals surface area contributed by atoms with E-state index < -0.39 is 0 Å². The lowest BCUT2D eigenvalue weighted by molar-refractivity contribution is -0.127. The number of carbonyl (C=O) groups excluding carboxylic acids is 2. The summed E-state index contributed by atoms with van der Waals surface area (Å²) in [7, 11) is 0. The number of amides is 2. The summed E-state index contributed by atoms with van der Waals surface area (Å²) >= 11 is 5.89. The molecule has 2 aliphatic rings. The molecular weight excluding hydrogens is 400 g/mol. The van der Waals surface area contributed by atoms with Gasteiger partial charge in [-0.3, -0.25) is 9.59 Å². The molecule has 0 radical (unpaired) electrons. The number of amidine groups is 1. The molecule has 2 amide bonds. The lowest BCUT2D eigenvalue weighted by Gasteiger charge is -2.26. The molecule has 0 aromatic heterocycles. The van der Waals surface area contributed by atoms with Gasteiger partial charge in [-0.05, 0) is 43.5 Å². The number of benzene rings is 2. The highest BCUT2D eigenvalue weighted by molar-refractivity contribution is 6.30. The van der Waals surface area contributed by atoms with E-state index in [1.165, 1.54) is 0 Å². The Morgan fingerprint density at radius 1 is 1.00 bits per heavy atom. The monoisotopic (exact) mass is 418 g/mol. The molecule has 2 aromatic rings. The van der Waals surface area contributed by atoms with Crippen LogP contribution in [-0.4, -0.2) is 35.6 Å². The van der Waals surface area contributed by atoms with Gasteiger partial charge in [0.25, 0.3) is 11.8 Å². The molecular formula is C23H19ClN4O2. The average molecular weight is 419 g/mol. The zero-order valence-corrected chi connectivity index (χ0v) is 16.9. The van der Waals surface area contributed by atoms with Crippen LogP contribution in [0.5, 0.6) is 0 Å². The fraction of sp³-hybridized carbons (Fsp3) is 0.217. The Bertz CT molecular complexity index is 1110. The third kappa shape index (κ3) is 3.85. The molecule has 1 fully saturated rings. The smallest absolute Gasteiger partial charge is 0.266 e. The molecule has 0 aliphatic carbocycles. The van der Waals surface area contributed by atoms with Crippen LogP contribution in [0.3, 0.4) is 0 Å². The average Bonchev–Trinajstić information content (AvgIpc) is 3.13. The van der Waals surface area contributed by atoms with E-state index in [1.54, 1.807) is 35.2 Å². The SMILES string of the molecule is N#C/C(C(=O)N1CCCCC1)=C1\N=C(NC(=O)c2ccc(Cl)cc2)c2ccccc21. The molecule has 30 heavy (non-hydrogen) atoms. The Labute approximate surface area is 179 Å². The summed E-state index contributed by atoms with van der Waals surface area (Å²) in [4.78, 5) is 31.8. The largest absolute Gasteiger partial charge is 0.338 e. The van der Waals surface area contributed by atoms with Crippen LogP contribution in [0.4, 0.5) is 0 Å². The van der Waals surface area contributed by atoms with Gasteiger partial charge in [-0.1, -0.05) is 35.9 Å². The number of rotatable bonds is 2. The minimum Gasteiger partial charge on any atom is -0.338 e. The van der Waals surface area contributed by atoms with Crippen molar-refractivity contribution in [3.05, 3.63) is 75.8 Å². The number of likely N-dealkylation sites (tertiary alicyclic amines) is 1. The first-order valence-corrected chi connectivity index (χ1v) is 10.2. The van der Waals surface area contributed by atoms with Crippen molar-refractivity contribution < 1.29 is 9.59 Å². The highest BCUT2D eigenvalue weighted by Gasteiger charge is 2.29. The van der Waals surface area contributed by atoms with E-state index in [2.05, 4.69) is 10.3 Å². The lowest BCUT2D eigenvalue weighted by atomic mass is 10.0. The van der Waals surface area contributed by atoms with E-state index in [9.17, 15) is 14.9 Å². The van der Waals surface area contributed by atoms with Crippen LogP contribution in [0, 0.1) is 11.3 Å². The number of fused-ring (bicyclic) bond motifs is 1. The third-order valence-electron chi connectivity index (χ3n) is 5.21. The van der Waals surface area contributed by atoms with Crippen molar-refractivity contribution in [2.45, 2.75) is 19.3 Å². The minimum atomic E-state index is -0.345. The van der Waals surface area contributed by atoms with Crippen LogP contribution in [-0.2, 0) is 4.79 Å². The summed E-state index contributed by atoms with van der Waals surface area (Å²) in [5, 5.41) is 13.1. The van der Waals surface area contributed by atoms with Crippen LogP contribution in [0.25, 0.3) is 5.70 Å². The molecule has 1 N–H and O–H groups in total. The molecule has 1 saturated heterocycles. The molecule has 0 atom stereocenters. The fourth-order valence-electron chi connectivity index (χ4n) is 3.65. The topological polar surface area (TPSA) is 85.6 Å². The molecule has 0 spiro atoms. The Hall–Kier alpha value is -3.43. The summed E-state index contributed by atoms with van der Waals surface area (Å²) in [5.41, 5.74) is 2.07. The van der Waals surface area contributed by atoms with Gasteiger partial charge in [0.05, 0.1) is 5.70 Å². The predicted octanol–water partition coefficient (Wildman–Crippen LogP) is 3.78. The molecule has 4 rings (SSSR count). The van der Waals surface area contributed by atoms with Gasteiger partial charge in [0.1, 0.15) is 17.5 Å². The summed E-state index contributed by atoms with van der Waals surface area (Å²) < 4.78 is 0. The molecule has 2 heterocycles. The maximum Gasteiger partial charge on any atom is 0.266 e. The number of halogens is 1. The molecule has 6 nitrogen and oxygen atoms in total. The summed E-state index contributed by atoms with van der Waals surface area (Å²) in [5.74, 6) is -0.335. The van der Waals surface area contributed by atoms with Crippen molar-refractivity contribution in [2.24, 2.45) is 4.99 Å². The standard InChI is InChI=1S/C23H19ClN4O2/c24-16-10-8-15(9-11-16)22(29)27-21-18-7-3-2-6-17(18)20(26-21)19(14-25)23(30)28-12-4-1-5-13-28/h2-3,6-11H,1,4-5,12-13H2,(H,26,27,29)/b20-19+. The van der Waals surface area contributed by atoms with Crippen molar-refractivity contribution in [1.29, 1.82) is 5.26 Å². The van der Waals surface area contributed by atoms with E-state index in [0.29, 0.717) is 46.3 Å². The van der Waals surface area contributed by atoms with Crippen molar-refractivity contribution >= 4 is 34.9 Å². The molecule has 0 bridgehead atoms. The molecule has 7 heteroatoms. The summed E-state index contributed by atoms with van der Waals surface area (Å²) in [6.07, 6.45) is 2.95.